The molecule has 4 rings (SSSR count). The summed E-state index contributed by atoms with van der Waals surface area (Å²) in [5.41, 5.74) is 1.24. The molecule has 0 radical (unpaired) electrons. The van der Waals surface area contributed by atoms with Gasteiger partial charge in [-0.05, 0) is 71.6 Å². The molecule has 2 N–H and O–H groups in total. The van der Waals surface area contributed by atoms with Crippen LogP contribution in [0, 0.1) is 0 Å². The predicted octanol–water partition coefficient (Wildman–Crippen LogP) is 6.70. The standard InChI is InChI=1S/C24H23F3N2O2S.C2HF3O2/c25-24(26,27)19-6-4-18(5-7-19)23(30)28-20-2-1-3-22(14-20)31-21-8-11-29(12-9-21)15-17-10-13-32-16-17;3-2(4,5)1(6)7/h1-7,10,13-14,16,21H,8-9,11-12,15H2,(H,28,30);(H,6,7). The smallest absolute Gasteiger partial charge is 0.490 e. The minimum atomic E-state index is -5.08. The van der Waals surface area contributed by atoms with Gasteiger partial charge in [-0.2, -0.15) is 37.7 Å². The van der Waals surface area contributed by atoms with Crippen LogP contribution in [0.5, 0.6) is 5.75 Å². The molecule has 13 heteroatoms. The third-order valence-electron chi connectivity index (χ3n) is 5.63. The molecule has 210 valence electrons. The molecule has 1 aromatic heterocycles. The number of benzene rings is 2. The minimum Gasteiger partial charge on any atom is -0.490 e. The molecule has 3 aromatic rings. The van der Waals surface area contributed by atoms with Crippen molar-refractivity contribution in [2.24, 2.45) is 0 Å². The molecule has 2 aromatic carbocycles. The van der Waals surface area contributed by atoms with Crippen LogP contribution in [0.4, 0.5) is 32.0 Å². The largest absolute Gasteiger partial charge is 0.490 e. The maximum Gasteiger partial charge on any atom is 0.490 e. The Morgan fingerprint density at radius 3 is 2.18 bits per heavy atom. The van der Waals surface area contributed by atoms with Gasteiger partial charge in [0.05, 0.1) is 5.56 Å². The summed E-state index contributed by atoms with van der Waals surface area (Å²) < 4.78 is 75.9. The van der Waals surface area contributed by atoms with Crippen LogP contribution in [0.25, 0.3) is 0 Å². The maximum absolute atomic E-state index is 12.7. The maximum atomic E-state index is 12.7. The highest BCUT2D eigenvalue weighted by atomic mass is 32.1. The Balaban J connectivity index is 0.000000532. The van der Waals surface area contributed by atoms with Crippen molar-refractivity contribution in [3.63, 3.8) is 0 Å². The normalized spacial score (nSPS) is 14.7. The van der Waals surface area contributed by atoms with Gasteiger partial charge in [0, 0.05) is 37.0 Å². The number of amides is 1. The highest BCUT2D eigenvalue weighted by Crippen LogP contribution is 2.29. The van der Waals surface area contributed by atoms with Crippen LogP contribution in [-0.2, 0) is 17.5 Å². The highest BCUT2D eigenvalue weighted by Gasteiger charge is 2.38. The number of alkyl halides is 6. The van der Waals surface area contributed by atoms with E-state index in [-0.39, 0.29) is 11.7 Å². The fourth-order valence-electron chi connectivity index (χ4n) is 3.68. The molecule has 6 nitrogen and oxygen atoms in total. The SMILES string of the molecule is O=C(Nc1cccc(OC2CCN(Cc3ccsc3)CC2)c1)c1ccc(C(F)(F)F)cc1.O=C(O)C(F)(F)F. The number of carboxylic acid groups (broad SMARTS) is 1. The Bertz CT molecular complexity index is 1220. The quantitative estimate of drug-likeness (QED) is 0.321. The van der Waals surface area contributed by atoms with E-state index in [1.165, 1.54) is 17.7 Å². The summed E-state index contributed by atoms with van der Waals surface area (Å²) >= 11 is 1.71. The van der Waals surface area contributed by atoms with Crippen LogP contribution in [0.1, 0.15) is 34.3 Å². The number of anilines is 1. The number of halogens is 6. The van der Waals surface area contributed by atoms with Gasteiger partial charge >= 0.3 is 18.3 Å². The summed E-state index contributed by atoms with van der Waals surface area (Å²) in [4.78, 5) is 23.7. The number of thiophene rings is 1. The molecule has 1 aliphatic rings. The molecule has 0 atom stereocenters. The second kappa shape index (κ2) is 13.0. The Hall–Kier alpha value is -3.58. The number of likely N-dealkylation sites (tertiary alicyclic amines) is 1. The number of carbonyl (C=O) groups is 2. The summed E-state index contributed by atoms with van der Waals surface area (Å²) in [6, 6.07) is 13.4. The Morgan fingerprint density at radius 2 is 1.64 bits per heavy atom. The van der Waals surface area contributed by atoms with Crippen molar-refractivity contribution in [1.82, 2.24) is 4.90 Å². The first-order valence-electron chi connectivity index (χ1n) is 11.6. The summed E-state index contributed by atoms with van der Waals surface area (Å²) in [5, 5.41) is 14.1. The van der Waals surface area contributed by atoms with Crippen molar-refractivity contribution in [2.75, 3.05) is 18.4 Å². The number of carbonyl (C=O) groups excluding carboxylic acids is 1. The van der Waals surface area contributed by atoms with Crippen molar-refractivity contribution in [1.29, 1.82) is 0 Å². The molecule has 0 saturated carbocycles. The molecular formula is C26H24F6N2O4S. The lowest BCUT2D eigenvalue weighted by atomic mass is 10.1. The topological polar surface area (TPSA) is 78.9 Å². The van der Waals surface area contributed by atoms with Crippen molar-refractivity contribution in [3.05, 3.63) is 82.0 Å². The molecule has 0 aliphatic carbocycles. The Kier molecular flexibility index (Phi) is 9.97. The van der Waals surface area contributed by atoms with Crippen LogP contribution < -0.4 is 10.1 Å². The molecule has 1 aliphatic heterocycles. The Morgan fingerprint density at radius 1 is 1.00 bits per heavy atom. The fourth-order valence-corrected chi connectivity index (χ4v) is 4.34. The van der Waals surface area contributed by atoms with E-state index in [4.69, 9.17) is 14.6 Å². The second-order valence-electron chi connectivity index (χ2n) is 8.58. The molecule has 1 amide bonds. The first-order chi connectivity index (χ1) is 18.3. The van der Waals surface area contributed by atoms with E-state index in [2.05, 4.69) is 27.0 Å². The second-order valence-corrected chi connectivity index (χ2v) is 9.36. The average molecular weight is 575 g/mol. The van der Waals surface area contributed by atoms with Gasteiger partial charge in [0.15, 0.2) is 0 Å². The van der Waals surface area contributed by atoms with E-state index in [9.17, 15) is 31.1 Å². The van der Waals surface area contributed by atoms with Crippen LogP contribution in [0.2, 0.25) is 0 Å². The van der Waals surface area contributed by atoms with E-state index >= 15 is 0 Å². The van der Waals surface area contributed by atoms with Gasteiger partial charge in [0.25, 0.3) is 5.91 Å². The zero-order chi connectivity index (χ0) is 28.6. The van der Waals surface area contributed by atoms with Gasteiger partial charge in [0.1, 0.15) is 11.9 Å². The fraction of sp³-hybridized carbons (Fsp3) is 0.308. The number of ether oxygens (including phenoxy) is 1. The average Bonchev–Trinajstić information content (AvgIpc) is 3.38. The number of rotatable bonds is 6. The molecule has 0 spiro atoms. The first-order valence-corrected chi connectivity index (χ1v) is 12.5. The van der Waals surface area contributed by atoms with Crippen molar-refractivity contribution in [3.8, 4) is 5.75 Å². The van der Waals surface area contributed by atoms with Crippen LogP contribution >= 0.6 is 11.3 Å². The summed E-state index contributed by atoms with van der Waals surface area (Å²) in [5.74, 6) is -2.57. The zero-order valence-corrected chi connectivity index (χ0v) is 21.1. The third-order valence-corrected chi connectivity index (χ3v) is 6.36. The number of hydrogen-bond acceptors (Lipinski definition) is 5. The van der Waals surface area contributed by atoms with Gasteiger partial charge in [-0.1, -0.05) is 6.07 Å². The summed E-state index contributed by atoms with van der Waals surface area (Å²) in [6.07, 6.45) is -7.56. The van der Waals surface area contributed by atoms with Crippen molar-refractivity contribution in [2.45, 2.75) is 37.8 Å². The minimum absolute atomic E-state index is 0.106. The molecule has 1 fully saturated rings. The van der Waals surface area contributed by atoms with E-state index in [1.54, 1.807) is 29.5 Å². The van der Waals surface area contributed by atoms with Crippen molar-refractivity contribution >= 4 is 28.9 Å². The monoisotopic (exact) mass is 574 g/mol. The number of nitrogens with zero attached hydrogens (tertiary/aromatic N) is 1. The lowest BCUT2D eigenvalue weighted by molar-refractivity contribution is -0.192. The predicted molar refractivity (Wildman–Crippen MR) is 133 cm³/mol. The molecule has 2 heterocycles. The highest BCUT2D eigenvalue weighted by molar-refractivity contribution is 7.07. The van der Waals surface area contributed by atoms with Crippen LogP contribution in [0.3, 0.4) is 0 Å². The number of hydrogen-bond donors (Lipinski definition) is 2. The van der Waals surface area contributed by atoms with E-state index in [1.807, 2.05) is 6.07 Å². The lowest BCUT2D eigenvalue weighted by Gasteiger charge is -2.32. The van der Waals surface area contributed by atoms with Gasteiger partial charge in [-0.3, -0.25) is 9.69 Å². The van der Waals surface area contributed by atoms with Crippen LogP contribution in [-0.4, -0.2) is 47.3 Å². The molecular weight excluding hydrogens is 550 g/mol. The molecule has 1 saturated heterocycles. The molecule has 0 bridgehead atoms. The molecule has 0 unspecified atom stereocenters. The number of aliphatic carboxylic acids is 1. The van der Waals surface area contributed by atoms with E-state index in [0.717, 1.165) is 44.6 Å². The third kappa shape index (κ3) is 9.59. The number of piperidine rings is 1. The van der Waals surface area contributed by atoms with E-state index < -0.39 is 29.8 Å². The van der Waals surface area contributed by atoms with Gasteiger partial charge < -0.3 is 15.2 Å². The van der Waals surface area contributed by atoms with Crippen LogP contribution in [0.15, 0.2) is 65.4 Å². The first kappa shape index (κ1) is 30.0. The van der Waals surface area contributed by atoms with E-state index in [0.29, 0.717) is 11.4 Å². The number of carboxylic acids is 1. The van der Waals surface area contributed by atoms with Crippen molar-refractivity contribution < 1.29 is 45.8 Å². The number of nitrogens with one attached hydrogen (secondary N) is 1. The van der Waals surface area contributed by atoms with Gasteiger partial charge in [0.2, 0.25) is 0 Å². The van der Waals surface area contributed by atoms with Gasteiger partial charge in [-0.25, -0.2) is 4.79 Å². The summed E-state index contributed by atoms with van der Waals surface area (Å²) in [7, 11) is 0. The molecule has 39 heavy (non-hydrogen) atoms. The Labute approximate surface area is 223 Å². The van der Waals surface area contributed by atoms with Gasteiger partial charge in [-0.15, -0.1) is 0 Å². The zero-order valence-electron chi connectivity index (χ0n) is 20.3. The summed E-state index contributed by atoms with van der Waals surface area (Å²) in [6.45, 7) is 2.89. The lowest BCUT2D eigenvalue weighted by Crippen LogP contribution is -2.37.